The van der Waals surface area contributed by atoms with Gasteiger partial charge in [0, 0.05) is 27.6 Å². The van der Waals surface area contributed by atoms with Crippen molar-refractivity contribution in [2.75, 3.05) is 25.8 Å². The normalized spacial score (nSPS) is 11.6. The number of rotatable bonds is 5. The largest absolute Gasteiger partial charge is 0.493 e. The summed E-state index contributed by atoms with van der Waals surface area (Å²) in [5.41, 5.74) is 0.937. The molecular formula is C16H17NO4S. The molecule has 0 aliphatic heterocycles. The third-order valence-corrected chi connectivity index (χ3v) is 3.99. The second-order valence-electron chi connectivity index (χ2n) is 4.48. The van der Waals surface area contributed by atoms with Crippen LogP contribution >= 0.6 is 0 Å². The van der Waals surface area contributed by atoms with Crippen molar-refractivity contribution in [3.05, 3.63) is 48.0 Å². The minimum atomic E-state index is -1.11. The molecule has 0 spiro atoms. The lowest BCUT2D eigenvalue weighted by Gasteiger charge is -2.12. The fourth-order valence-electron chi connectivity index (χ4n) is 2.02. The lowest BCUT2D eigenvalue weighted by molar-refractivity contribution is 0.102. The standard InChI is InChI=1S/C16H17NO4S/c1-20-14-9-5-8-13(15(14)21-2)16(18)17-11-6-4-7-12(10-11)22(3)19/h4-10H,1-3H3,(H,17,18). The van der Waals surface area contributed by atoms with Gasteiger partial charge < -0.3 is 14.8 Å². The van der Waals surface area contributed by atoms with Crippen molar-refractivity contribution in [1.29, 1.82) is 0 Å². The SMILES string of the molecule is COc1cccc(C(=O)Nc2cccc(S(C)=O)c2)c1OC. The Morgan fingerprint density at radius 1 is 1.09 bits per heavy atom. The molecule has 2 rings (SSSR count). The van der Waals surface area contributed by atoms with E-state index in [-0.39, 0.29) is 5.91 Å². The van der Waals surface area contributed by atoms with Gasteiger partial charge in [0.15, 0.2) is 11.5 Å². The third kappa shape index (κ3) is 3.46. The molecule has 0 aliphatic carbocycles. The molecule has 0 aromatic heterocycles. The molecule has 0 fully saturated rings. The molecule has 1 unspecified atom stereocenters. The van der Waals surface area contributed by atoms with Gasteiger partial charge in [0.05, 0.1) is 19.8 Å². The van der Waals surface area contributed by atoms with Crippen LogP contribution in [0, 0.1) is 0 Å². The number of anilines is 1. The highest BCUT2D eigenvalue weighted by molar-refractivity contribution is 7.84. The number of hydrogen-bond donors (Lipinski definition) is 1. The average molecular weight is 319 g/mol. The summed E-state index contributed by atoms with van der Waals surface area (Å²) >= 11 is 0. The molecule has 116 valence electrons. The Balaban J connectivity index is 2.30. The van der Waals surface area contributed by atoms with Crippen molar-refractivity contribution in [2.45, 2.75) is 4.90 Å². The topological polar surface area (TPSA) is 64.6 Å². The minimum absolute atomic E-state index is 0.324. The highest BCUT2D eigenvalue weighted by Crippen LogP contribution is 2.31. The zero-order chi connectivity index (χ0) is 16.1. The van der Waals surface area contributed by atoms with E-state index in [1.165, 1.54) is 14.2 Å². The molecule has 0 bridgehead atoms. The van der Waals surface area contributed by atoms with Gasteiger partial charge in [0.25, 0.3) is 5.91 Å². The van der Waals surface area contributed by atoms with Crippen molar-refractivity contribution in [3.8, 4) is 11.5 Å². The van der Waals surface area contributed by atoms with Crippen LogP contribution in [0.1, 0.15) is 10.4 Å². The number of ether oxygens (including phenoxy) is 2. The van der Waals surface area contributed by atoms with E-state index in [2.05, 4.69) is 5.32 Å². The molecule has 6 heteroatoms. The number of benzene rings is 2. The predicted molar refractivity (Wildman–Crippen MR) is 86.3 cm³/mol. The van der Waals surface area contributed by atoms with Gasteiger partial charge in [-0.3, -0.25) is 9.00 Å². The average Bonchev–Trinajstić information content (AvgIpc) is 2.54. The quantitative estimate of drug-likeness (QED) is 0.920. The van der Waals surface area contributed by atoms with Gasteiger partial charge in [0.2, 0.25) is 0 Å². The van der Waals surface area contributed by atoms with Gasteiger partial charge >= 0.3 is 0 Å². The Bertz CT molecular complexity index is 715. The number of hydrogen-bond acceptors (Lipinski definition) is 4. The van der Waals surface area contributed by atoms with E-state index in [0.29, 0.717) is 27.6 Å². The summed E-state index contributed by atoms with van der Waals surface area (Å²) in [4.78, 5) is 13.1. The molecule has 0 heterocycles. The lowest BCUT2D eigenvalue weighted by atomic mass is 10.1. The molecule has 5 nitrogen and oxygen atoms in total. The van der Waals surface area contributed by atoms with Gasteiger partial charge in [0.1, 0.15) is 0 Å². The number of amides is 1. The van der Waals surface area contributed by atoms with Crippen LogP contribution < -0.4 is 14.8 Å². The van der Waals surface area contributed by atoms with E-state index in [1.807, 2.05) is 0 Å². The molecule has 1 N–H and O–H groups in total. The van der Waals surface area contributed by atoms with Crippen molar-refractivity contribution in [3.63, 3.8) is 0 Å². The third-order valence-electron chi connectivity index (χ3n) is 3.07. The van der Waals surface area contributed by atoms with Gasteiger partial charge in [-0.15, -0.1) is 0 Å². The molecule has 0 radical (unpaired) electrons. The molecular weight excluding hydrogens is 302 g/mol. The summed E-state index contributed by atoms with van der Waals surface area (Å²) in [6.07, 6.45) is 1.59. The highest BCUT2D eigenvalue weighted by atomic mass is 32.2. The molecule has 2 aromatic carbocycles. The number of carbonyl (C=O) groups is 1. The first-order chi connectivity index (χ1) is 10.6. The monoisotopic (exact) mass is 319 g/mol. The van der Waals surface area contributed by atoms with E-state index in [9.17, 15) is 9.00 Å². The predicted octanol–water partition coefficient (Wildman–Crippen LogP) is 2.69. The second-order valence-corrected chi connectivity index (χ2v) is 5.86. The molecule has 1 amide bonds. The number of para-hydroxylation sites is 1. The first-order valence-corrected chi connectivity index (χ1v) is 8.08. The van der Waals surface area contributed by atoms with Crippen LogP contribution in [-0.2, 0) is 10.8 Å². The zero-order valence-corrected chi connectivity index (χ0v) is 13.4. The minimum Gasteiger partial charge on any atom is -0.493 e. The summed E-state index contributed by atoms with van der Waals surface area (Å²) in [5, 5.41) is 2.77. The summed E-state index contributed by atoms with van der Waals surface area (Å²) in [5.74, 6) is 0.533. The van der Waals surface area contributed by atoms with Crippen molar-refractivity contribution < 1.29 is 18.5 Å². The smallest absolute Gasteiger partial charge is 0.259 e. The maximum absolute atomic E-state index is 12.4. The maximum atomic E-state index is 12.4. The lowest BCUT2D eigenvalue weighted by Crippen LogP contribution is -2.13. The van der Waals surface area contributed by atoms with Gasteiger partial charge in [-0.25, -0.2) is 0 Å². The van der Waals surface area contributed by atoms with E-state index in [1.54, 1.807) is 48.7 Å². The molecule has 0 saturated carbocycles. The van der Waals surface area contributed by atoms with Crippen LogP contribution in [0.3, 0.4) is 0 Å². The second kappa shape index (κ2) is 7.09. The molecule has 2 aromatic rings. The maximum Gasteiger partial charge on any atom is 0.259 e. The zero-order valence-electron chi connectivity index (χ0n) is 12.6. The van der Waals surface area contributed by atoms with Crippen LogP contribution in [0.25, 0.3) is 0 Å². The highest BCUT2D eigenvalue weighted by Gasteiger charge is 2.16. The van der Waals surface area contributed by atoms with Crippen LogP contribution in [0.15, 0.2) is 47.4 Å². The molecule has 0 saturated heterocycles. The molecule has 1 atom stereocenters. The van der Waals surface area contributed by atoms with Gasteiger partial charge in [-0.2, -0.15) is 0 Å². The first-order valence-electron chi connectivity index (χ1n) is 6.52. The Kier molecular flexibility index (Phi) is 5.16. The van der Waals surface area contributed by atoms with Crippen molar-refractivity contribution in [2.24, 2.45) is 0 Å². The summed E-state index contributed by atoms with van der Waals surface area (Å²) in [6, 6.07) is 12.0. The number of methoxy groups -OCH3 is 2. The van der Waals surface area contributed by atoms with E-state index >= 15 is 0 Å². The molecule has 22 heavy (non-hydrogen) atoms. The van der Waals surface area contributed by atoms with E-state index in [0.717, 1.165) is 0 Å². The summed E-state index contributed by atoms with van der Waals surface area (Å²) < 4.78 is 21.9. The van der Waals surface area contributed by atoms with Crippen LogP contribution in [0.2, 0.25) is 0 Å². The van der Waals surface area contributed by atoms with Crippen LogP contribution in [-0.4, -0.2) is 30.6 Å². The Morgan fingerprint density at radius 2 is 1.82 bits per heavy atom. The molecule has 0 aliphatic rings. The summed E-state index contributed by atoms with van der Waals surface area (Å²) in [7, 11) is 1.89. The van der Waals surface area contributed by atoms with Gasteiger partial charge in [-0.05, 0) is 30.3 Å². The Labute approximate surface area is 131 Å². The number of nitrogens with one attached hydrogen (secondary N) is 1. The first kappa shape index (κ1) is 16.0. The number of carbonyl (C=O) groups excluding carboxylic acids is 1. The van der Waals surface area contributed by atoms with Crippen molar-refractivity contribution >= 4 is 22.4 Å². The fourth-order valence-corrected chi connectivity index (χ4v) is 2.58. The van der Waals surface area contributed by atoms with Crippen molar-refractivity contribution in [1.82, 2.24) is 0 Å². The van der Waals surface area contributed by atoms with Crippen LogP contribution in [0.5, 0.6) is 11.5 Å². The Morgan fingerprint density at radius 3 is 2.45 bits per heavy atom. The summed E-state index contributed by atoms with van der Waals surface area (Å²) in [6.45, 7) is 0. The fraction of sp³-hybridized carbons (Fsp3) is 0.188. The Hall–Kier alpha value is -2.34. The van der Waals surface area contributed by atoms with E-state index < -0.39 is 10.8 Å². The van der Waals surface area contributed by atoms with Gasteiger partial charge in [-0.1, -0.05) is 12.1 Å². The van der Waals surface area contributed by atoms with Crippen LogP contribution in [0.4, 0.5) is 5.69 Å². The van der Waals surface area contributed by atoms with E-state index in [4.69, 9.17) is 9.47 Å².